The lowest BCUT2D eigenvalue weighted by atomic mass is 10.0. The molecule has 0 heterocycles. The Morgan fingerprint density at radius 3 is 1.79 bits per heavy atom. The smallest absolute Gasteiger partial charge is 0.326 e. The highest BCUT2D eigenvalue weighted by Gasteiger charge is 2.31. The number of nitrogens with one attached hydrogen (secondary N) is 3. The Kier molecular flexibility index (Phi) is 10.3. The summed E-state index contributed by atoms with van der Waals surface area (Å²) in [6.45, 7) is 4.32. The van der Waals surface area contributed by atoms with Crippen LogP contribution in [0.3, 0.4) is 0 Å². The Bertz CT molecular complexity index is 666. The zero-order chi connectivity index (χ0) is 22.9. The van der Waals surface area contributed by atoms with Crippen molar-refractivity contribution in [2.75, 3.05) is 0 Å². The van der Waals surface area contributed by atoms with E-state index in [2.05, 4.69) is 16.0 Å². The fourth-order valence-corrected chi connectivity index (χ4v) is 2.14. The van der Waals surface area contributed by atoms with Crippen LogP contribution < -0.4 is 27.4 Å². The molecule has 0 aliphatic heterocycles. The van der Waals surface area contributed by atoms with Crippen molar-refractivity contribution in [3.8, 4) is 0 Å². The molecule has 0 rings (SSSR count). The molecule has 0 aromatic rings. The number of carbonyl (C=O) groups excluding carboxylic acids is 4. The summed E-state index contributed by atoms with van der Waals surface area (Å²) in [5.74, 6) is -6.83. The number of aliphatic carboxylic acids is 2. The Labute approximate surface area is 166 Å². The van der Waals surface area contributed by atoms with Gasteiger partial charge < -0.3 is 37.6 Å². The fraction of sp³-hybridized carbons (Fsp3) is 0.625. The summed E-state index contributed by atoms with van der Waals surface area (Å²) in [6.07, 6.45) is -1.26. The van der Waals surface area contributed by atoms with Gasteiger partial charge in [0.25, 0.3) is 0 Å². The highest BCUT2D eigenvalue weighted by atomic mass is 16.4. The lowest BCUT2D eigenvalue weighted by molar-refractivity contribution is -0.144. The minimum atomic E-state index is -1.58. The highest BCUT2D eigenvalue weighted by Crippen LogP contribution is 2.04. The molecule has 13 heteroatoms. The summed E-state index contributed by atoms with van der Waals surface area (Å²) in [5.41, 5.74) is 10.4. The van der Waals surface area contributed by atoms with Gasteiger partial charge >= 0.3 is 11.9 Å². The van der Waals surface area contributed by atoms with E-state index in [9.17, 15) is 28.8 Å². The number of carbonyl (C=O) groups is 6. The van der Waals surface area contributed by atoms with Crippen molar-refractivity contribution in [2.45, 2.75) is 57.8 Å². The zero-order valence-corrected chi connectivity index (χ0v) is 16.3. The standard InChI is InChI=1S/C16H27N5O8/c1-6(2)12(16(28)29)21-15(27)9(5-11(23)24)20-13(25)7(3)19-14(26)8(17)4-10(18)22/h6-9,12H,4-5,17H2,1-3H3,(H2,18,22)(H,19,26)(H,20,25)(H,21,27)(H,23,24)(H,28,29). The molecule has 0 aromatic heterocycles. The van der Waals surface area contributed by atoms with Crippen LogP contribution in [0.2, 0.25) is 0 Å². The minimum absolute atomic E-state index is 0.448. The SMILES string of the molecule is CC(NC(=O)C(N)CC(N)=O)C(=O)NC(CC(=O)O)C(=O)NC(C(=O)O)C(C)C. The molecule has 0 spiro atoms. The van der Waals surface area contributed by atoms with Gasteiger partial charge in [0.1, 0.15) is 18.1 Å². The van der Waals surface area contributed by atoms with Gasteiger partial charge in [-0.1, -0.05) is 13.8 Å². The Morgan fingerprint density at radius 2 is 1.38 bits per heavy atom. The number of carboxylic acid groups (broad SMARTS) is 2. The molecule has 0 radical (unpaired) electrons. The van der Waals surface area contributed by atoms with Crippen molar-refractivity contribution >= 4 is 35.6 Å². The van der Waals surface area contributed by atoms with Crippen molar-refractivity contribution in [3.05, 3.63) is 0 Å². The summed E-state index contributed by atoms with van der Waals surface area (Å²) in [5, 5.41) is 24.6. The van der Waals surface area contributed by atoms with Crippen molar-refractivity contribution in [1.29, 1.82) is 0 Å². The molecular formula is C16H27N5O8. The Balaban J connectivity index is 5.12. The fourth-order valence-electron chi connectivity index (χ4n) is 2.14. The van der Waals surface area contributed by atoms with Crippen molar-refractivity contribution in [1.82, 2.24) is 16.0 Å². The van der Waals surface area contributed by atoms with Crippen LogP contribution in [0.25, 0.3) is 0 Å². The third-order valence-electron chi connectivity index (χ3n) is 3.75. The second-order valence-electron chi connectivity index (χ2n) is 6.73. The maximum atomic E-state index is 12.3. The molecular weight excluding hydrogens is 390 g/mol. The molecule has 0 aliphatic rings. The van der Waals surface area contributed by atoms with Crippen LogP contribution in [0.5, 0.6) is 0 Å². The van der Waals surface area contributed by atoms with E-state index in [1.54, 1.807) is 0 Å². The Morgan fingerprint density at radius 1 is 0.828 bits per heavy atom. The quantitative estimate of drug-likeness (QED) is 0.170. The van der Waals surface area contributed by atoms with Crippen molar-refractivity contribution in [3.63, 3.8) is 0 Å². The van der Waals surface area contributed by atoms with Crippen LogP contribution in [0.1, 0.15) is 33.6 Å². The lowest BCUT2D eigenvalue weighted by Gasteiger charge is -2.24. The molecule has 164 valence electrons. The number of primary amides is 1. The van der Waals surface area contributed by atoms with Gasteiger partial charge in [-0.15, -0.1) is 0 Å². The summed E-state index contributed by atoms with van der Waals surface area (Å²) in [4.78, 5) is 69.3. The predicted octanol–water partition coefficient (Wildman–Crippen LogP) is -3.12. The van der Waals surface area contributed by atoms with Gasteiger partial charge in [-0.2, -0.15) is 0 Å². The molecule has 0 aliphatic carbocycles. The molecule has 4 amide bonds. The normalized spacial score (nSPS) is 14.8. The van der Waals surface area contributed by atoms with Crippen LogP contribution in [0.4, 0.5) is 0 Å². The molecule has 0 bridgehead atoms. The van der Waals surface area contributed by atoms with E-state index in [0.29, 0.717) is 0 Å². The second kappa shape index (κ2) is 11.6. The third kappa shape index (κ3) is 9.51. The first-order chi connectivity index (χ1) is 13.3. The van der Waals surface area contributed by atoms with Gasteiger partial charge in [-0.25, -0.2) is 4.79 Å². The molecule has 4 unspecified atom stereocenters. The summed E-state index contributed by atoms with van der Waals surface area (Å²) in [6, 6.07) is -5.40. The predicted molar refractivity (Wildman–Crippen MR) is 98.0 cm³/mol. The van der Waals surface area contributed by atoms with Crippen molar-refractivity contribution in [2.24, 2.45) is 17.4 Å². The monoisotopic (exact) mass is 417 g/mol. The van der Waals surface area contributed by atoms with E-state index in [1.165, 1.54) is 20.8 Å². The van der Waals surface area contributed by atoms with E-state index in [1.807, 2.05) is 0 Å². The van der Waals surface area contributed by atoms with Crippen LogP contribution in [-0.4, -0.2) is 69.9 Å². The van der Waals surface area contributed by atoms with E-state index in [0.717, 1.165) is 0 Å². The first-order valence-corrected chi connectivity index (χ1v) is 8.65. The first kappa shape index (κ1) is 25.8. The second-order valence-corrected chi connectivity index (χ2v) is 6.73. The number of hydrogen-bond donors (Lipinski definition) is 7. The Hall–Kier alpha value is -3.22. The minimum Gasteiger partial charge on any atom is -0.481 e. The molecule has 0 saturated carbocycles. The summed E-state index contributed by atoms with van der Waals surface area (Å²) >= 11 is 0. The van der Waals surface area contributed by atoms with Crippen LogP contribution in [-0.2, 0) is 28.8 Å². The average molecular weight is 417 g/mol. The highest BCUT2D eigenvalue weighted by molar-refractivity contribution is 5.96. The molecule has 0 fully saturated rings. The number of amides is 4. The largest absolute Gasteiger partial charge is 0.481 e. The van der Waals surface area contributed by atoms with Gasteiger partial charge in [0.05, 0.1) is 18.9 Å². The molecule has 0 saturated heterocycles. The number of rotatable bonds is 12. The van der Waals surface area contributed by atoms with Crippen LogP contribution in [0, 0.1) is 5.92 Å². The molecule has 0 aromatic carbocycles. The van der Waals surface area contributed by atoms with E-state index >= 15 is 0 Å². The molecule has 13 nitrogen and oxygen atoms in total. The topological polar surface area (TPSA) is 231 Å². The van der Waals surface area contributed by atoms with E-state index < -0.39 is 78.5 Å². The molecule has 4 atom stereocenters. The van der Waals surface area contributed by atoms with Gasteiger partial charge in [0.15, 0.2) is 0 Å². The maximum absolute atomic E-state index is 12.3. The third-order valence-corrected chi connectivity index (χ3v) is 3.75. The number of nitrogens with two attached hydrogens (primary N) is 2. The van der Waals surface area contributed by atoms with E-state index in [4.69, 9.17) is 21.7 Å². The van der Waals surface area contributed by atoms with Crippen LogP contribution in [0.15, 0.2) is 0 Å². The molecule has 29 heavy (non-hydrogen) atoms. The maximum Gasteiger partial charge on any atom is 0.326 e. The lowest BCUT2D eigenvalue weighted by Crippen LogP contribution is -2.57. The first-order valence-electron chi connectivity index (χ1n) is 8.65. The summed E-state index contributed by atoms with van der Waals surface area (Å²) < 4.78 is 0. The molecule has 9 N–H and O–H groups in total. The van der Waals surface area contributed by atoms with Gasteiger partial charge in [-0.3, -0.25) is 24.0 Å². The van der Waals surface area contributed by atoms with E-state index in [-0.39, 0.29) is 0 Å². The average Bonchev–Trinajstić information content (AvgIpc) is 2.56. The van der Waals surface area contributed by atoms with Gasteiger partial charge in [-0.05, 0) is 12.8 Å². The van der Waals surface area contributed by atoms with Crippen LogP contribution >= 0.6 is 0 Å². The zero-order valence-electron chi connectivity index (χ0n) is 16.3. The number of carboxylic acids is 2. The van der Waals surface area contributed by atoms with Gasteiger partial charge in [0, 0.05) is 0 Å². The van der Waals surface area contributed by atoms with Gasteiger partial charge in [0.2, 0.25) is 23.6 Å². The van der Waals surface area contributed by atoms with Crippen molar-refractivity contribution < 1.29 is 39.0 Å². The number of hydrogen-bond acceptors (Lipinski definition) is 7. The summed E-state index contributed by atoms with van der Waals surface area (Å²) in [7, 11) is 0.